The maximum Gasteiger partial charge on any atom is 0.436 e. The molecule has 4 fully saturated rings. The predicted octanol–water partition coefficient (Wildman–Crippen LogP) is 1.83. The van der Waals surface area contributed by atoms with Crippen molar-refractivity contribution in [3.8, 4) is 0 Å². The molecule has 4 aliphatic carbocycles. The number of nitrogens with two attached hydrogens (primary N) is 1. The average Bonchev–Trinajstić information content (AvgIpc) is 3.47. The van der Waals surface area contributed by atoms with Crippen molar-refractivity contribution in [2.45, 2.75) is 101 Å². The molecular weight excluding hydrogens is 497 g/mol. The Labute approximate surface area is 232 Å². The molecule has 39 heavy (non-hydrogen) atoms. The Morgan fingerprint density at radius 3 is 2.23 bits per heavy atom. The minimum atomic E-state index is -1.15. The van der Waals surface area contributed by atoms with Gasteiger partial charge >= 0.3 is 7.69 Å². The monoisotopic (exact) mass is 541 g/mol. The number of rotatable bonds is 13. The van der Waals surface area contributed by atoms with Gasteiger partial charge in [0.15, 0.2) is 5.96 Å². The van der Waals surface area contributed by atoms with E-state index in [2.05, 4.69) is 40.2 Å². The summed E-state index contributed by atoms with van der Waals surface area (Å²) < 4.78 is 11.1. The minimum Gasteiger partial charge on any atom is -0.430 e. The van der Waals surface area contributed by atoms with E-state index in [0.29, 0.717) is 38.8 Å². The van der Waals surface area contributed by atoms with Crippen molar-refractivity contribution in [2.24, 2.45) is 11.1 Å². The van der Waals surface area contributed by atoms with Gasteiger partial charge in [0.25, 0.3) is 0 Å². The summed E-state index contributed by atoms with van der Waals surface area (Å²) >= 11 is 0. The van der Waals surface area contributed by atoms with Gasteiger partial charge in [-0.3, -0.25) is 15.0 Å². The van der Waals surface area contributed by atoms with Crippen LogP contribution in [0.1, 0.15) is 88.2 Å². The van der Waals surface area contributed by atoms with Gasteiger partial charge in [-0.25, -0.2) is 0 Å². The number of carbonyl (C=O) groups is 2. The predicted molar refractivity (Wildman–Crippen MR) is 150 cm³/mol. The van der Waals surface area contributed by atoms with Crippen molar-refractivity contribution in [2.75, 3.05) is 13.7 Å². The van der Waals surface area contributed by atoms with Crippen molar-refractivity contribution in [3.63, 3.8) is 0 Å². The molecule has 0 unspecified atom stereocenters. The van der Waals surface area contributed by atoms with E-state index in [9.17, 15) is 14.6 Å². The SMILES string of the molecule is COC12CCC(c3ccc(CNC(=O)C4(C(=O)N[C@@H](CCCNC(=N)N)OBO)CCCC4)cc3)(CC1)CC2. The number of fused-ring (bicyclic) bond motifs is 3. The summed E-state index contributed by atoms with van der Waals surface area (Å²) in [7, 11) is 1.30. The van der Waals surface area contributed by atoms with Crippen LogP contribution in [-0.4, -0.2) is 56.0 Å². The van der Waals surface area contributed by atoms with E-state index >= 15 is 0 Å². The fraction of sp³-hybridized carbons (Fsp3) is 0.679. The number of nitrogens with one attached hydrogen (secondary N) is 4. The van der Waals surface area contributed by atoms with Crippen molar-refractivity contribution in [1.82, 2.24) is 16.0 Å². The highest BCUT2D eigenvalue weighted by molar-refractivity contribution is 6.16. The summed E-state index contributed by atoms with van der Waals surface area (Å²) in [6.07, 6.45) is 9.61. The molecule has 0 spiro atoms. The highest BCUT2D eigenvalue weighted by Gasteiger charge is 2.50. The molecule has 10 nitrogen and oxygen atoms in total. The quantitative estimate of drug-likeness (QED) is 0.0555. The normalized spacial score (nSPS) is 26.0. The fourth-order valence-electron chi connectivity index (χ4n) is 6.84. The molecule has 7 N–H and O–H groups in total. The third-order valence-electron chi connectivity index (χ3n) is 9.48. The zero-order chi connectivity index (χ0) is 27.9. The molecule has 1 aromatic carbocycles. The lowest BCUT2D eigenvalue weighted by Crippen LogP contribution is -2.53. The van der Waals surface area contributed by atoms with Crippen molar-refractivity contribution >= 4 is 25.5 Å². The summed E-state index contributed by atoms with van der Waals surface area (Å²) in [5.41, 5.74) is 6.87. The Balaban J connectivity index is 1.33. The average molecular weight is 542 g/mol. The molecule has 1 atom stereocenters. The number of amides is 2. The van der Waals surface area contributed by atoms with Crippen LogP contribution in [0, 0.1) is 10.8 Å². The van der Waals surface area contributed by atoms with Crippen LogP contribution in [0.15, 0.2) is 24.3 Å². The zero-order valence-electron chi connectivity index (χ0n) is 23.2. The van der Waals surface area contributed by atoms with Gasteiger partial charge in [0.2, 0.25) is 11.8 Å². The van der Waals surface area contributed by atoms with Gasteiger partial charge in [0, 0.05) is 20.2 Å². The van der Waals surface area contributed by atoms with Crippen molar-refractivity contribution in [3.05, 3.63) is 35.4 Å². The van der Waals surface area contributed by atoms with Crippen LogP contribution in [0.25, 0.3) is 0 Å². The first-order chi connectivity index (χ1) is 18.8. The van der Waals surface area contributed by atoms with Crippen LogP contribution in [0.3, 0.4) is 0 Å². The second-order valence-electron chi connectivity index (χ2n) is 11.6. The molecule has 214 valence electrons. The molecule has 0 saturated heterocycles. The molecule has 5 rings (SSSR count). The van der Waals surface area contributed by atoms with Crippen LogP contribution < -0.4 is 21.7 Å². The van der Waals surface area contributed by atoms with Gasteiger partial charge in [0.05, 0.1) is 5.60 Å². The molecule has 4 saturated carbocycles. The lowest BCUT2D eigenvalue weighted by molar-refractivity contribution is -0.145. The summed E-state index contributed by atoms with van der Waals surface area (Å²) in [5, 5.41) is 25.1. The van der Waals surface area contributed by atoms with Crippen LogP contribution >= 0.6 is 0 Å². The molecule has 0 radical (unpaired) electrons. The maximum absolute atomic E-state index is 13.4. The third kappa shape index (κ3) is 6.58. The van der Waals surface area contributed by atoms with Crippen molar-refractivity contribution in [1.29, 1.82) is 5.41 Å². The van der Waals surface area contributed by atoms with Crippen molar-refractivity contribution < 1.29 is 24.0 Å². The lowest BCUT2D eigenvalue weighted by atomic mass is 9.56. The zero-order valence-corrected chi connectivity index (χ0v) is 23.2. The first-order valence-electron chi connectivity index (χ1n) is 14.3. The Morgan fingerprint density at radius 1 is 1.03 bits per heavy atom. The number of guanidine groups is 1. The van der Waals surface area contributed by atoms with E-state index in [1.165, 1.54) is 5.56 Å². The Morgan fingerprint density at radius 2 is 1.67 bits per heavy atom. The van der Waals surface area contributed by atoms with E-state index in [1.54, 1.807) is 0 Å². The molecule has 0 heterocycles. The van der Waals surface area contributed by atoms with Gasteiger partial charge in [-0.05, 0) is 80.8 Å². The van der Waals surface area contributed by atoms with Gasteiger partial charge in [0.1, 0.15) is 11.6 Å². The van der Waals surface area contributed by atoms with Gasteiger partial charge in [-0.2, -0.15) is 0 Å². The highest BCUT2D eigenvalue weighted by Crippen LogP contribution is 2.54. The van der Waals surface area contributed by atoms with E-state index in [0.717, 1.165) is 56.9 Å². The molecule has 2 bridgehead atoms. The van der Waals surface area contributed by atoms with Gasteiger partial charge in [-0.15, -0.1) is 0 Å². The Hall–Kier alpha value is -2.63. The van der Waals surface area contributed by atoms with Gasteiger partial charge < -0.3 is 36.1 Å². The van der Waals surface area contributed by atoms with E-state index in [4.69, 9.17) is 20.5 Å². The van der Waals surface area contributed by atoms with Gasteiger partial charge in [-0.1, -0.05) is 37.1 Å². The lowest BCUT2D eigenvalue weighted by Gasteiger charge is -2.53. The minimum absolute atomic E-state index is 0.0887. The molecule has 11 heteroatoms. The van der Waals surface area contributed by atoms with Crippen LogP contribution in [0.5, 0.6) is 0 Å². The number of hydrogen-bond acceptors (Lipinski definition) is 6. The highest BCUT2D eigenvalue weighted by atomic mass is 16.5. The first kappa shape index (κ1) is 29.4. The molecule has 0 aromatic heterocycles. The van der Waals surface area contributed by atoms with E-state index in [1.807, 2.05) is 7.11 Å². The second-order valence-corrected chi connectivity index (χ2v) is 11.6. The molecule has 2 amide bonds. The number of methoxy groups -OCH3 is 1. The second kappa shape index (κ2) is 12.7. The van der Waals surface area contributed by atoms with Crippen LogP contribution in [0.4, 0.5) is 0 Å². The summed E-state index contributed by atoms with van der Waals surface area (Å²) in [5.74, 6) is -0.765. The van der Waals surface area contributed by atoms with Crippen LogP contribution in [-0.2, 0) is 30.9 Å². The van der Waals surface area contributed by atoms with E-state index < -0.39 is 19.3 Å². The number of ether oxygens (including phenoxy) is 1. The summed E-state index contributed by atoms with van der Waals surface area (Å²) in [6, 6.07) is 8.61. The Bertz CT molecular complexity index is 990. The smallest absolute Gasteiger partial charge is 0.430 e. The Kier molecular flexibility index (Phi) is 9.56. The topological polar surface area (TPSA) is 159 Å². The first-order valence-corrected chi connectivity index (χ1v) is 14.3. The summed E-state index contributed by atoms with van der Waals surface area (Å²) in [6.45, 7) is 0.803. The standard InChI is InChI=1S/C28H44BN5O5/c1-38-27-15-12-26(13-16-27,14-17-27)21-8-6-20(7-9-21)19-33-23(35)28(10-2-3-11-28)24(36)34-22(39-29-37)5-4-18-32-25(30)31/h6-9,22,29,37H,2-5,10-19H2,1H3,(H,33,35)(H,34,36)(H4,30,31,32)/t22-,26?,27?/m1/s1. The molecule has 0 aliphatic heterocycles. The maximum atomic E-state index is 13.4. The fourth-order valence-corrected chi connectivity index (χ4v) is 6.84. The number of hydrogen-bond donors (Lipinski definition) is 6. The number of benzene rings is 1. The summed E-state index contributed by atoms with van der Waals surface area (Å²) in [4.78, 5) is 26.8. The molecule has 4 aliphatic rings. The third-order valence-corrected chi connectivity index (χ3v) is 9.48. The largest absolute Gasteiger partial charge is 0.436 e. The number of carbonyl (C=O) groups excluding carboxylic acids is 2. The molecule has 1 aromatic rings. The van der Waals surface area contributed by atoms with Crippen LogP contribution in [0.2, 0.25) is 0 Å². The van der Waals surface area contributed by atoms with E-state index in [-0.39, 0.29) is 28.8 Å². The molecular formula is C28H44BN5O5.